The van der Waals surface area contributed by atoms with Crippen LogP contribution >= 0.6 is 0 Å². The number of benzene rings is 1. The highest BCUT2D eigenvalue weighted by molar-refractivity contribution is 5.78. The van der Waals surface area contributed by atoms with Crippen molar-refractivity contribution in [2.75, 3.05) is 18.6 Å². The Morgan fingerprint density at radius 2 is 1.97 bits per heavy atom. The number of para-hydroxylation sites is 2. The fraction of sp³-hybridized carbons (Fsp3) is 0.476. The molecule has 29 heavy (non-hydrogen) atoms. The van der Waals surface area contributed by atoms with E-state index in [2.05, 4.69) is 11.8 Å². The van der Waals surface area contributed by atoms with Gasteiger partial charge in [-0.2, -0.15) is 4.98 Å². The number of aryl methyl sites for hydroxylation is 1. The van der Waals surface area contributed by atoms with Crippen molar-refractivity contribution in [2.24, 2.45) is 13.0 Å². The lowest BCUT2D eigenvalue weighted by atomic mass is 10.1. The van der Waals surface area contributed by atoms with Crippen LogP contribution in [0.2, 0.25) is 0 Å². The Hall–Kier alpha value is -3.03. The summed E-state index contributed by atoms with van der Waals surface area (Å²) in [6, 6.07) is 7.78. The van der Waals surface area contributed by atoms with Gasteiger partial charge in [0.15, 0.2) is 11.2 Å². The lowest BCUT2D eigenvalue weighted by Crippen LogP contribution is -2.40. The third-order valence-corrected chi connectivity index (χ3v) is 5.55. The number of hydrogen-bond donors (Lipinski definition) is 0. The predicted octanol–water partition coefficient (Wildman–Crippen LogP) is 2.49. The minimum absolute atomic E-state index is 0.260. The Morgan fingerprint density at radius 1 is 1.21 bits per heavy atom. The number of imidazole rings is 1. The van der Waals surface area contributed by atoms with Gasteiger partial charge in [0.2, 0.25) is 5.95 Å². The van der Waals surface area contributed by atoms with Crippen LogP contribution in [0.4, 0.5) is 11.6 Å². The van der Waals surface area contributed by atoms with Crippen LogP contribution in [0.15, 0.2) is 33.9 Å². The van der Waals surface area contributed by atoms with Crippen LogP contribution in [0, 0.1) is 5.92 Å². The van der Waals surface area contributed by atoms with Crippen molar-refractivity contribution in [3.8, 4) is 5.75 Å². The molecule has 0 fully saturated rings. The number of anilines is 2. The van der Waals surface area contributed by atoms with Gasteiger partial charge in [0, 0.05) is 26.7 Å². The van der Waals surface area contributed by atoms with Crippen molar-refractivity contribution in [1.82, 2.24) is 18.7 Å². The van der Waals surface area contributed by atoms with E-state index in [1.807, 2.05) is 35.8 Å². The molecule has 0 saturated carbocycles. The first-order valence-electron chi connectivity index (χ1n) is 10.1. The summed E-state index contributed by atoms with van der Waals surface area (Å²) in [6.45, 7) is 6.04. The molecule has 1 atom stereocenters. The molecular weight excluding hydrogens is 370 g/mol. The van der Waals surface area contributed by atoms with Crippen molar-refractivity contribution in [3.05, 3.63) is 45.1 Å². The molecule has 8 heteroatoms. The summed E-state index contributed by atoms with van der Waals surface area (Å²) in [5, 5.41) is 0. The van der Waals surface area contributed by atoms with Crippen LogP contribution in [0.25, 0.3) is 11.2 Å². The predicted molar refractivity (Wildman–Crippen MR) is 113 cm³/mol. The molecule has 1 aromatic carbocycles. The maximum atomic E-state index is 13.3. The number of aromatic nitrogens is 4. The van der Waals surface area contributed by atoms with Crippen molar-refractivity contribution >= 4 is 22.8 Å². The van der Waals surface area contributed by atoms with E-state index in [1.165, 1.54) is 9.13 Å². The Morgan fingerprint density at radius 3 is 2.69 bits per heavy atom. The maximum Gasteiger partial charge on any atom is 0.332 e. The van der Waals surface area contributed by atoms with Crippen molar-refractivity contribution in [3.63, 3.8) is 0 Å². The minimum atomic E-state index is -0.316. The van der Waals surface area contributed by atoms with Crippen LogP contribution in [-0.4, -0.2) is 32.3 Å². The molecule has 0 aliphatic carbocycles. The van der Waals surface area contributed by atoms with E-state index in [9.17, 15) is 9.59 Å². The molecule has 0 spiro atoms. The average Bonchev–Trinajstić information content (AvgIpc) is 3.11. The van der Waals surface area contributed by atoms with Crippen LogP contribution in [0.1, 0.15) is 26.7 Å². The number of nitrogens with zero attached hydrogens (tertiary/aromatic N) is 5. The van der Waals surface area contributed by atoms with Gasteiger partial charge in [-0.1, -0.05) is 32.4 Å². The van der Waals surface area contributed by atoms with Crippen molar-refractivity contribution in [1.29, 1.82) is 0 Å². The summed E-state index contributed by atoms with van der Waals surface area (Å²) in [5.41, 5.74) is 1.24. The zero-order chi connectivity index (χ0) is 20.7. The van der Waals surface area contributed by atoms with Crippen LogP contribution < -0.4 is 20.9 Å². The fourth-order valence-corrected chi connectivity index (χ4v) is 4.07. The summed E-state index contributed by atoms with van der Waals surface area (Å²) in [7, 11) is 3.33. The monoisotopic (exact) mass is 397 g/mol. The molecule has 1 aliphatic rings. The summed E-state index contributed by atoms with van der Waals surface area (Å²) in [6.07, 6.45) is 1.70. The van der Waals surface area contributed by atoms with Crippen LogP contribution in [0.5, 0.6) is 5.75 Å². The zero-order valence-electron chi connectivity index (χ0n) is 17.4. The van der Waals surface area contributed by atoms with E-state index < -0.39 is 0 Å². The van der Waals surface area contributed by atoms with E-state index in [0.717, 1.165) is 30.8 Å². The van der Waals surface area contributed by atoms with Crippen molar-refractivity contribution < 1.29 is 4.74 Å². The highest BCUT2D eigenvalue weighted by Crippen LogP contribution is 2.37. The quantitative estimate of drug-likeness (QED) is 0.661. The Labute approximate surface area is 169 Å². The average molecular weight is 397 g/mol. The van der Waals surface area contributed by atoms with Crippen LogP contribution in [0.3, 0.4) is 0 Å². The molecule has 3 aromatic rings. The van der Waals surface area contributed by atoms with Gasteiger partial charge in [-0.25, -0.2) is 4.79 Å². The standard InChI is InChI=1S/C21H27N5O3/c1-5-6-11-24-19(27)17-18(23(3)21(24)28)22-20-25(12-14(2)13-26(17)20)15-9-7-8-10-16(15)29-4/h7-10,14H,5-6,11-13H2,1-4H3/t14-/m0/s1. The second kappa shape index (κ2) is 7.42. The molecule has 154 valence electrons. The number of methoxy groups -OCH3 is 1. The number of hydrogen-bond acceptors (Lipinski definition) is 5. The van der Waals surface area contributed by atoms with E-state index in [1.54, 1.807) is 14.2 Å². The van der Waals surface area contributed by atoms with E-state index >= 15 is 0 Å². The highest BCUT2D eigenvalue weighted by Gasteiger charge is 2.30. The van der Waals surface area contributed by atoms with E-state index in [-0.39, 0.29) is 11.2 Å². The number of fused-ring (bicyclic) bond motifs is 3. The molecular formula is C21H27N5O3. The summed E-state index contributed by atoms with van der Waals surface area (Å²) in [4.78, 5) is 32.9. The Balaban J connectivity index is 1.99. The molecule has 0 N–H and O–H groups in total. The highest BCUT2D eigenvalue weighted by atomic mass is 16.5. The molecule has 0 radical (unpaired) electrons. The molecule has 0 bridgehead atoms. The van der Waals surface area contributed by atoms with E-state index in [0.29, 0.717) is 36.1 Å². The van der Waals surface area contributed by atoms with Gasteiger partial charge in [-0.3, -0.25) is 13.9 Å². The lowest BCUT2D eigenvalue weighted by molar-refractivity contribution is 0.409. The number of unbranched alkanes of at least 4 members (excludes halogenated alkanes) is 1. The number of rotatable bonds is 5. The van der Waals surface area contributed by atoms with Gasteiger partial charge in [0.25, 0.3) is 5.56 Å². The van der Waals surface area contributed by atoms with Crippen molar-refractivity contribution in [2.45, 2.75) is 39.8 Å². The summed E-state index contributed by atoms with van der Waals surface area (Å²) < 4.78 is 10.3. The first kappa shape index (κ1) is 19.3. The zero-order valence-corrected chi connectivity index (χ0v) is 17.4. The molecule has 0 amide bonds. The molecule has 0 saturated heterocycles. The van der Waals surface area contributed by atoms with E-state index in [4.69, 9.17) is 9.72 Å². The SMILES string of the molecule is CCCCn1c(=O)c2c(nc3n2C[C@@H](C)CN3c2ccccc2OC)n(C)c1=O. The Kier molecular flexibility index (Phi) is 4.94. The second-order valence-electron chi connectivity index (χ2n) is 7.73. The molecule has 2 aromatic heterocycles. The van der Waals surface area contributed by atoms with Gasteiger partial charge in [0.1, 0.15) is 5.75 Å². The topological polar surface area (TPSA) is 74.3 Å². The second-order valence-corrected chi connectivity index (χ2v) is 7.73. The Bertz CT molecular complexity index is 1170. The van der Waals surface area contributed by atoms with Gasteiger partial charge in [0.05, 0.1) is 12.8 Å². The minimum Gasteiger partial charge on any atom is -0.495 e. The normalized spacial score (nSPS) is 16.3. The third-order valence-electron chi connectivity index (χ3n) is 5.55. The molecule has 4 rings (SSSR count). The molecule has 1 aliphatic heterocycles. The fourth-order valence-electron chi connectivity index (χ4n) is 4.07. The largest absolute Gasteiger partial charge is 0.495 e. The molecule has 0 unspecified atom stereocenters. The summed E-state index contributed by atoms with van der Waals surface area (Å²) >= 11 is 0. The molecule has 8 nitrogen and oxygen atoms in total. The number of ether oxygens (including phenoxy) is 1. The van der Waals surface area contributed by atoms with Gasteiger partial charge in [-0.15, -0.1) is 0 Å². The smallest absolute Gasteiger partial charge is 0.332 e. The third kappa shape index (κ3) is 3.03. The molecule has 3 heterocycles. The summed E-state index contributed by atoms with van der Waals surface area (Å²) in [5.74, 6) is 1.71. The lowest BCUT2D eigenvalue weighted by Gasteiger charge is -2.33. The maximum absolute atomic E-state index is 13.3. The van der Waals surface area contributed by atoms with Gasteiger partial charge >= 0.3 is 5.69 Å². The van der Waals surface area contributed by atoms with Crippen LogP contribution in [-0.2, 0) is 20.1 Å². The van der Waals surface area contributed by atoms with Gasteiger partial charge < -0.3 is 14.2 Å². The first-order valence-corrected chi connectivity index (χ1v) is 10.1. The first-order chi connectivity index (χ1) is 14.0. The van der Waals surface area contributed by atoms with Gasteiger partial charge in [-0.05, 0) is 24.5 Å².